The van der Waals surface area contributed by atoms with Gasteiger partial charge in [-0.1, -0.05) is 13.8 Å². The largest absolute Gasteiger partial charge is 0.380 e. The number of hydrogen-bond acceptors (Lipinski definition) is 4. The SMILES string of the molecule is CCCNS(=O)(=O)c1ccc(NC(C)(CC)CCN)cc1. The van der Waals surface area contributed by atoms with E-state index in [4.69, 9.17) is 5.73 Å². The Kier molecular flexibility index (Phi) is 6.64. The fourth-order valence-electron chi connectivity index (χ4n) is 2.03. The molecule has 0 aromatic heterocycles. The summed E-state index contributed by atoms with van der Waals surface area (Å²) >= 11 is 0. The summed E-state index contributed by atoms with van der Waals surface area (Å²) in [6.07, 6.45) is 2.58. The predicted octanol–water partition coefficient (Wildman–Crippen LogP) is 2.30. The van der Waals surface area contributed by atoms with Gasteiger partial charge in [0.2, 0.25) is 10.0 Å². The molecule has 0 aliphatic carbocycles. The number of rotatable bonds is 9. The highest BCUT2D eigenvalue weighted by molar-refractivity contribution is 7.89. The van der Waals surface area contributed by atoms with Crippen LogP contribution in [0.4, 0.5) is 5.69 Å². The molecule has 21 heavy (non-hydrogen) atoms. The Labute approximate surface area is 128 Å². The Balaban J connectivity index is 2.83. The van der Waals surface area contributed by atoms with Crippen LogP contribution in [-0.2, 0) is 10.0 Å². The van der Waals surface area contributed by atoms with E-state index < -0.39 is 10.0 Å². The third-order valence-corrected chi connectivity index (χ3v) is 5.11. The average molecular weight is 313 g/mol. The molecule has 6 heteroatoms. The molecular formula is C15H27N3O2S. The van der Waals surface area contributed by atoms with Gasteiger partial charge in [0.25, 0.3) is 0 Å². The molecule has 5 nitrogen and oxygen atoms in total. The normalized spacial score (nSPS) is 14.7. The van der Waals surface area contributed by atoms with Crippen LogP contribution >= 0.6 is 0 Å². The fourth-order valence-corrected chi connectivity index (χ4v) is 3.17. The highest BCUT2D eigenvalue weighted by Gasteiger charge is 2.21. The lowest BCUT2D eigenvalue weighted by Crippen LogP contribution is -2.36. The summed E-state index contributed by atoms with van der Waals surface area (Å²) in [5, 5.41) is 3.43. The minimum absolute atomic E-state index is 0.0738. The Morgan fingerprint density at radius 3 is 2.29 bits per heavy atom. The molecule has 0 heterocycles. The van der Waals surface area contributed by atoms with E-state index in [2.05, 4.69) is 23.9 Å². The second kappa shape index (κ2) is 7.77. The van der Waals surface area contributed by atoms with Gasteiger partial charge in [-0.05, 0) is 57.0 Å². The molecule has 0 saturated carbocycles. The van der Waals surface area contributed by atoms with Crippen LogP contribution in [0.25, 0.3) is 0 Å². The fraction of sp³-hybridized carbons (Fsp3) is 0.600. The molecule has 0 spiro atoms. The molecule has 0 radical (unpaired) electrons. The van der Waals surface area contributed by atoms with Gasteiger partial charge in [0.15, 0.2) is 0 Å². The third kappa shape index (κ3) is 5.30. The summed E-state index contributed by atoms with van der Waals surface area (Å²) in [6.45, 7) is 7.22. The van der Waals surface area contributed by atoms with E-state index in [0.717, 1.165) is 24.9 Å². The molecule has 1 aromatic rings. The lowest BCUT2D eigenvalue weighted by molar-refractivity contribution is 0.463. The van der Waals surface area contributed by atoms with Crippen molar-refractivity contribution in [2.75, 3.05) is 18.4 Å². The second-order valence-electron chi connectivity index (χ2n) is 5.50. The molecule has 1 unspecified atom stereocenters. The molecule has 0 aliphatic rings. The van der Waals surface area contributed by atoms with Gasteiger partial charge in [0, 0.05) is 17.8 Å². The number of nitrogens with two attached hydrogens (primary N) is 1. The maximum atomic E-state index is 12.0. The molecule has 0 fully saturated rings. The first kappa shape index (κ1) is 17.9. The first-order valence-corrected chi connectivity index (χ1v) is 8.93. The van der Waals surface area contributed by atoms with E-state index in [1.54, 1.807) is 24.3 Å². The molecule has 4 N–H and O–H groups in total. The maximum absolute atomic E-state index is 12.0. The van der Waals surface area contributed by atoms with Crippen molar-refractivity contribution in [2.45, 2.75) is 50.5 Å². The first-order valence-electron chi connectivity index (χ1n) is 7.45. The lowest BCUT2D eigenvalue weighted by Gasteiger charge is -2.30. The highest BCUT2D eigenvalue weighted by Crippen LogP contribution is 2.22. The number of anilines is 1. The van der Waals surface area contributed by atoms with Crippen LogP contribution in [0.3, 0.4) is 0 Å². The predicted molar refractivity (Wildman–Crippen MR) is 87.9 cm³/mol. The summed E-state index contributed by atoms with van der Waals surface area (Å²) in [5.74, 6) is 0. The zero-order valence-electron chi connectivity index (χ0n) is 13.1. The smallest absolute Gasteiger partial charge is 0.240 e. The van der Waals surface area contributed by atoms with Crippen molar-refractivity contribution >= 4 is 15.7 Å². The van der Waals surface area contributed by atoms with Crippen LogP contribution < -0.4 is 15.8 Å². The van der Waals surface area contributed by atoms with Gasteiger partial charge in [-0.3, -0.25) is 0 Å². The minimum Gasteiger partial charge on any atom is -0.380 e. The first-order chi connectivity index (χ1) is 9.87. The summed E-state index contributed by atoms with van der Waals surface area (Å²) in [5.41, 5.74) is 6.48. The zero-order chi connectivity index (χ0) is 15.9. The molecule has 1 atom stereocenters. The van der Waals surface area contributed by atoms with E-state index in [0.29, 0.717) is 18.0 Å². The minimum atomic E-state index is -3.40. The lowest BCUT2D eigenvalue weighted by atomic mass is 9.94. The second-order valence-corrected chi connectivity index (χ2v) is 7.27. The third-order valence-electron chi connectivity index (χ3n) is 3.63. The van der Waals surface area contributed by atoms with Gasteiger partial charge in [0.1, 0.15) is 0 Å². The van der Waals surface area contributed by atoms with Crippen molar-refractivity contribution in [1.82, 2.24) is 4.72 Å². The maximum Gasteiger partial charge on any atom is 0.240 e. The standard InChI is InChI=1S/C15H27N3O2S/c1-4-12-17-21(19,20)14-8-6-13(7-9-14)18-15(3,5-2)10-11-16/h6-9,17-18H,4-5,10-12,16H2,1-3H3. The molecule has 0 saturated heterocycles. The Hall–Kier alpha value is -1.11. The van der Waals surface area contributed by atoms with Gasteiger partial charge in [-0.25, -0.2) is 13.1 Å². The van der Waals surface area contributed by atoms with Crippen molar-refractivity contribution in [3.8, 4) is 0 Å². The summed E-state index contributed by atoms with van der Waals surface area (Å²) in [6, 6.07) is 6.84. The molecule has 1 rings (SSSR count). The van der Waals surface area contributed by atoms with Gasteiger partial charge in [0.05, 0.1) is 4.90 Å². The van der Waals surface area contributed by atoms with Crippen LogP contribution in [-0.4, -0.2) is 27.0 Å². The van der Waals surface area contributed by atoms with Gasteiger partial charge < -0.3 is 11.1 Å². The van der Waals surface area contributed by atoms with Crippen molar-refractivity contribution in [3.63, 3.8) is 0 Å². The number of hydrogen-bond donors (Lipinski definition) is 3. The van der Waals surface area contributed by atoms with E-state index in [1.165, 1.54) is 0 Å². The molecule has 1 aromatic carbocycles. The summed E-state index contributed by atoms with van der Waals surface area (Å²) in [4.78, 5) is 0.290. The Morgan fingerprint density at radius 2 is 1.81 bits per heavy atom. The van der Waals surface area contributed by atoms with Crippen LogP contribution in [0.2, 0.25) is 0 Å². The van der Waals surface area contributed by atoms with E-state index in [9.17, 15) is 8.42 Å². The van der Waals surface area contributed by atoms with E-state index in [1.807, 2.05) is 6.92 Å². The molecule has 0 aliphatic heterocycles. The number of sulfonamides is 1. The summed E-state index contributed by atoms with van der Waals surface area (Å²) in [7, 11) is -3.40. The molecular weight excluding hydrogens is 286 g/mol. The topological polar surface area (TPSA) is 84.2 Å². The highest BCUT2D eigenvalue weighted by atomic mass is 32.2. The summed E-state index contributed by atoms with van der Waals surface area (Å²) < 4.78 is 26.6. The van der Waals surface area contributed by atoms with E-state index >= 15 is 0 Å². The van der Waals surface area contributed by atoms with Gasteiger partial charge >= 0.3 is 0 Å². The van der Waals surface area contributed by atoms with Crippen molar-refractivity contribution in [2.24, 2.45) is 5.73 Å². The average Bonchev–Trinajstić information content (AvgIpc) is 2.46. The molecule has 0 bridgehead atoms. The quantitative estimate of drug-likeness (QED) is 0.653. The zero-order valence-corrected chi connectivity index (χ0v) is 14.0. The van der Waals surface area contributed by atoms with Crippen LogP contribution in [0, 0.1) is 0 Å². The number of benzene rings is 1. The Morgan fingerprint density at radius 1 is 1.19 bits per heavy atom. The van der Waals surface area contributed by atoms with Crippen LogP contribution in [0.1, 0.15) is 40.0 Å². The Bertz CT molecular complexity index is 528. The van der Waals surface area contributed by atoms with Crippen molar-refractivity contribution < 1.29 is 8.42 Å². The van der Waals surface area contributed by atoms with E-state index in [-0.39, 0.29) is 5.54 Å². The molecule has 120 valence electrons. The number of nitrogens with one attached hydrogen (secondary N) is 2. The molecule has 0 amide bonds. The van der Waals surface area contributed by atoms with Crippen LogP contribution in [0.15, 0.2) is 29.2 Å². The van der Waals surface area contributed by atoms with Crippen LogP contribution in [0.5, 0.6) is 0 Å². The van der Waals surface area contributed by atoms with Crippen molar-refractivity contribution in [1.29, 1.82) is 0 Å². The van der Waals surface area contributed by atoms with Crippen molar-refractivity contribution in [3.05, 3.63) is 24.3 Å². The monoisotopic (exact) mass is 313 g/mol. The van der Waals surface area contributed by atoms with Gasteiger partial charge in [-0.15, -0.1) is 0 Å². The van der Waals surface area contributed by atoms with Gasteiger partial charge in [-0.2, -0.15) is 0 Å².